The fourth-order valence-electron chi connectivity index (χ4n) is 6.76. The smallest absolute Gasteiger partial charge is 0.146 e. The number of hydrogen-bond acceptors (Lipinski definition) is 2. The Kier molecular flexibility index (Phi) is 3.62. The topological polar surface area (TPSA) is 30.2 Å². The fraction of sp³-hybridized carbons (Fsp3) is 0.517. The van der Waals surface area contributed by atoms with Crippen molar-refractivity contribution >= 4 is 27.5 Å². The summed E-state index contributed by atoms with van der Waals surface area (Å²) in [5, 5.41) is 2.44. The molecule has 0 N–H and O–H groups in total. The van der Waals surface area contributed by atoms with Gasteiger partial charge < -0.3 is 0 Å². The number of imidazole rings is 1. The minimum atomic E-state index is -0.0252. The number of hydrogen-bond donors (Lipinski definition) is 0. The molecule has 2 unspecified atom stereocenters. The molecule has 0 spiro atoms. The molecule has 32 heavy (non-hydrogen) atoms. The number of fused-ring (bicyclic) bond motifs is 10. The van der Waals surface area contributed by atoms with E-state index in [-0.39, 0.29) is 10.8 Å². The van der Waals surface area contributed by atoms with Crippen LogP contribution in [0.2, 0.25) is 0 Å². The van der Waals surface area contributed by atoms with E-state index in [0.717, 1.165) is 16.9 Å². The molecule has 3 heteroatoms. The predicted molar refractivity (Wildman–Crippen MR) is 134 cm³/mol. The van der Waals surface area contributed by atoms with Crippen LogP contribution in [0.4, 0.5) is 0 Å². The van der Waals surface area contributed by atoms with Gasteiger partial charge in [-0.1, -0.05) is 55.4 Å². The second-order valence-corrected chi connectivity index (χ2v) is 13.1. The molecular weight excluding hydrogens is 390 g/mol. The van der Waals surface area contributed by atoms with E-state index in [4.69, 9.17) is 9.97 Å². The molecule has 6 rings (SSSR count). The molecule has 0 saturated heterocycles. The first-order valence-electron chi connectivity index (χ1n) is 12.1. The molecule has 3 heterocycles. The van der Waals surface area contributed by atoms with Crippen molar-refractivity contribution in [1.29, 1.82) is 0 Å². The van der Waals surface area contributed by atoms with Gasteiger partial charge in [-0.25, -0.2) is 4.98 Å². The average molecular weight is 426 g/mol. The van der Waals surface area contributed by atoms with Gasteiger partial charge in [0.25, 0.3) is 0 Å². The molecule has 1 aromatic carbocycles. The molecule has 166 valence electrons. The first-order valence-corrected chi connectivity index (χ1v) is 12.1. The minimum Gasteiger partial charge on any atom is -0.296 e. The van der Waals surface area contributed by atoms with Crippen molar-refractivity contribution in [2.24, 2.45) is 0 Å². The van der Waals surface area contributed by atoms with Crippen LogP contribution in [0.15, 0.2) is 30.5 Å². The van der Waals surface area contributed by atoms with Crippen LogP contribution in [0, 0.1) is 0 Å². The van der Waals surface area contributed by atoms with Crippen molar-refractivity contribution in [3.8, 4) is 0 Å². The van der Waals surface area contributed by atoms with Crippen LogP contribution >= 0.6 is 0 Å². The number of rotatable bonds is 0. The summed E-state index contributed by atoms with van der Waals surface area (Å²) in [5.74, 6) is 0. The fourth-order valence-corrected chi connectivity index (χ4v) is 6.76. The van der Waals surface area contributed by atoms with Gasteiger partial charge in [-0.05, 0) is 65.5 Å². The van der Waals surface area contributed by atoms with E-state index in [0.29, 0.717) is 10.8 Å². The highest BCUT2D eigenvalue weighted by molar-refractivity contribution is 6.00. The molecule has 2 aliphatic rings. The zero-order valence-electron chi connectivity index (χ0n) is 20.8. The standard InChI is InChI=1S/C29H35N3/c1-26(2,3)23-13-18-17(9-12-30-24(18)27(4,5)6)25-31-21-14-19-20(15-22(21)32(23)25)29(8)11-10-28(19,7)16-29/h9,12-15H,10-11,16H2,1-8H3. The van der Waals surface area contributed by atoms with Crippen LogP contribution in [0.3, 0.4) is 0 Å². The maximum absolute atomic E-state index is 5.29. The van der Waals surface area contributed by atoms with E-state index in [1.54, 1.807) is 11.1 Å². The summed E-state index contributed by atoms with van der Waals surface area (Å²) in [4.78, 5) is 10.1. The lowest BCUT2D eigenvalue weighted by Gasteiger charge is -2.27. The van der Waals surface area contributed by atoms with E-state index in [2.05, 4.69) is 84.1 Å². The lowest BCUT2D eigenvalue weighted by Crippen LogP contribution is -2.19. The van der Waals surface area contributed by atoms with Gasteiger partial charge in [0.05, 0.1) is 16.7 Å². The maximum Gasteiger partial charge on any atom is 0.146 e. The quantitative estimate of drug-likeness (QED) is 0.295. The third kappa shape index (κ3) is 2.48. The van der Waals surface area contributed by atoms with Gasteiger partial charge in [0.2, 0.25) is 0 Å². The number of nitrogens with zero attached hydrogens (tertiary/aromatic N) is 3. The molecule has 0 aliphatic heterocycles. The predicted octanol–water partition coefficient (Wildman–Crippen LogP) is 7.34. The first kappa shape index (κ1) is 20.2. The van der Waals surface area contributed by atoms with Crippen molar-refractivity contribution in [2.75, 3.05) is 0 Å². The summed E-state index contributed by atoms with van der Waals surface area (Å²) >= 11 is 0. The summed E-state index contributed by atoms with van der Waals surface area (Å²) in [5.41, 5.74) is 9.60. The van der Waals surface area contributed by atoms with E-state index in [9.17, 15) is 0 Å². The normalized spacial score (nSPS) is 25.4. The van der Waals surface area contributed by atoms with Gasteiger partial charge in [0.1, 0.15) is 5.65 Å². The summed E-state index contributed by atoms with van der Waals surface area (Å²) in [7, 11) is 0. The van der Waals surface area contributed by atoms with Crippen molar-refractivity contribution in [3.63, 3.8) is 0 Å². The van der Waals surface area contributed by atoms with Crippen LogP contribution < -0.4 is 0 Å². The maximum atomic E-state index is 5.29. The second kappa shape index (κ2) is 5.73. The van der Waals surface area contributed by atoms with E-state index >= 15 is 0 Å². The Balaban J connectivity index is 1.80. The molecule has 0 radical (unpaired) electrons. The number of benzene rings is 1. The lowest BCUT2D eigenvalue weighted by atomic mass is 9.78. The van der Waals surface area contributed by atoms with Gasteiger partial charge in [-0.2, -0.15) is 0 Å². The number of aromatic nitrogens is 3. The highest BCUT2D eigenvalue weighted by Crippen LogP contribution is 2.61. The van der Waals surface area contributed by atoms with E-state index in [1.165, 1.54) is 41.2 Å². The Hall–Kier alpha value is -2.42. The van der Waals surface area contributed by atoms with Crippen LogP contribution in [-0.2, 0) is 21.7 Å². The van der Waals surface area contributed by atoms with Gasteiger partial charge >= 0.3 is 0 Å². The van der Waals surface area contributed by atoms with Crippen LogP contribution in [0.25, 0.3) is 27.5 Å². The Morgan fingerprint density at radius 3 is 2.12 bits per heavy atom. The highest BCUT2D eigenvalue weighted by atomic mass is 15.0. The molecule has 4 aromatic rings. The zero-order valence-corrected chi connectivity index (χ0v) is 20.8. The molecule has 1 fully saturated rings. The Labute approximate surface area is 191 Å². The van der Waals surface area contributed by atoms with E-state index in [1.807, 2.05) is 6.20 Å². The second-order valence-electron chi connectivity index (χ2n) is 13.1. The van der Waals surface area contributed by atoms with Crippen LogP contribution in [-0.4, -0.2) is 14.4 Å². The lowest BCUT2D eigenvalue weighted by molar-refractivity contribution is 0.484. The highest BCUT2D eigenvalue weighted by Gasteiger charge is 2.53. The Morgan fingerprint density at radius 1 is 0.844 bits per heavy atom. The first-order chi connectivity index (χ1) is 14.8. The summed E-state index contributed by atoms with van der Waals surface area (Å²) in [6, 6.07) is 9.45. The van der Waals surface area contributed by atoms with Gasteiger partial charge in [-0.15, -0.1) is 0 Å². The molecule has 3 nitrogen and oxygen atoms in total. The molecule has 3 aromatic heterocycles. The van der Waals surface area contributed by atoms with E-state index < -0.39 is 0 Å². The largest absolute Gasteiger partial charge is 0.296 e. The molecule has 2 bridgehead atoms. The number of pyridine rings is 2. The van der Waals surface area contributed by atoms with Crippen LogP contribution in [0.5, 0.6) is 0 Å². The third-order valence-electron chi connectivity index (χ3n) is 8.33. The van der Waals surface area contributed by atoms with Gasteiger partial charge in [0.15, 0.2) is 0 Å². The third-order valence-corrected chi connectivity index (χ3v) is 8.33. The van der Waals surface area contributed by atoms with Gasteiger partial charge in [0, 0.05) is 33.5 Å². The van der Waals surface area contributed by atoms with Crippen molar-refractivity contribution in [3.05, 3.63) is 53.0 Å². The average Bonchev–Trinajstić information content (AvgIpc) is 3.29. The van der Waals surface area contributed by atoms with Crippen molar-refractivity contribution in [1.82, 2.24) is 14.4 Å². The molecular formula is C29H35N3. The summed E-state index contributed by atoms with van der Waals surface area (Å²) < 4.78 is 2.45. The SMILES string of the molecule is CC(C)(C)c1nccc2c1cc(C(C)(C)C)n1c3cc4c(cc3nc21)C1(C)CCC4(C)C1. The van der Waals surface area contributed by atoms with Crippen molar-refractivity contribution < 1.29 is 0 Å². The summed E-state index contributed by atoms with van der Waals surface area (Å²) in [6.07, 6.45) is 5.84. The van der Waals surface area contributed by atoms with Gasteiger partial charge in [-0.3, -0.25) is 9.38 Å². The minimum absolute atomic E-state index is 0.0149. The summed E-state index contributed by atoms with van der Waals surface area (Å²) in [6.45, 7) is 18.6. The molecule has 1 saturated carbocycles. The molecule has 0 amide bonds. The monoisotopic (exact) mass is 425 g/mol. The van der Waals surface area contributed by atoms with Crippen molar-refractivity contribution in [2.45, 2.75) is 96.3 Å². The zero-order chi connectivity index (χ0) is 22.8. The molecule has 2 aliphatic carbocycles. The Bertz CT molecular complexity index is 1440. The van der Waals surface area contributed by atoms with Crippen LogP contribution in [0.1, 0.15) is 97.2 Å². The Morgan fingerprint density at radius 2 is 1.50 bits per heavy atom. The molecule has 2 atom stereocenters.